The number of benzene rings is 2. The predicted octanol–water partition coefficient (Wildman–Crippen LogP) is 3.13. The van der Waals surface area contributed by atoms with E-state index in [9.17, 15) is 4.39 Å². The van der Waals surface area contributed by atoms with E-state index in [1.807, 2.05) is 24.3 Å². The number of halogens is 1. The van der Waals surface area contributed by atoms with Crippen LogP contribution in [-0.4, -0.2) is 14.2 Å². The van der Waals surface area contributed by atoms with Gasteiger partial charge in [-0.25, -0.2) is 4.39 Å². The molecule has 0 heterocycles. The van der Waals surface area contributed by atoms with Crippen LogP contribution in [0.2, 0.25) is 0 Å². The zero-order valence-corrected chi connectivity index (χ0v) is 11.7. The van der Waals surface area contributed by atoms with E-state index in [0.29, 0.717) is 18.8 Å². The lowest BCUT2D eigenvalue weighted by Crippen LogP contribution is -2.13. The number of hydrogen-bond donors (Lipinski definition) is 1. The minimum Gasteiger partial charge on any atom is -0.497 e. The largest absolute Gasteiger partial charge is 0.497 e. The van der Waals surface area contributed by atoms with E-state index in [-0.39, 0.29) is 5.82 Å². The first-order valence-electron chi connectivity index (χ1n) is 6.39. The van der Waals surface area contributed by atoms with Crippen LogP contribution in [0.15, 0.2) is 42.5 Å². The van der Waals surface area contributed by atoms with Crippen LogP contribution in [0.4, 0.5) is 4.39 Å². The monoisotopic (exact) mass is 275 g/mol. The minimum absolute atomic E-state index is 0.260. The molecule has 0 saturated heterocycles. The van der Waals surface area contributed by atoms with Crippen LogP contribution in [0.1, 0.15) is 11.1 Å². The Balaban J connectivity index is 1.97. The van der Waals surface area contributed by atoms with Crippen LogP contribution in [0.5, 0.6) is 11.5 Å². The van der Waals surface area contributed by atoms with Crippen molar-refractivity contribution in [3.8, 4) is 11.5 Å². The molecule has 3 nitrogen and oxygen atoms in total. The quantitative estimate of drug-likeness (QED) is 0.878. The maximum absolute atomic E-state index is 13.2. The molecular formula is C16H18FNO2. The lowest BCUT2D eigenvalue weighted by Gasteiger charge is -2.10. The van der Waals surface area contributed by atoms with Crippen molar-refractivity contribution >= 4 is 0 Å². The minimum atomic E-state index is -0.260. The Hall–Kier alpha value is -2.07. The highest BCUT2D eigenvalue weighted by atomic mass is 19.1. The van der Waals surface area contributed by atoms with Gasteiger partial charge in [0.2, 0.25) is 0 Å². The highest BCUT2D eigenvalue weighted by Gasteiger charge is 2.04. The highest BCUT2D eigenvalue weighted by Crippen LogP contribution is 2.19. The molecule has 0 bridgehead atoms. The molecule has 20 heavy (non-hydrogen) atoms. The molecule has 0 unspecified atom stereocenters. The molecule has 0 aliphatic rings. The topological polar surface area (TPSA) is 30.5 Å². The first-order chi connectivity index (χ1) is 9.72. The maximum Gasteiger partial charge on any atom is 0.123 e. The van der Waals surface area contributed by atoms with Crippen molar-refractivity contribution in [2.24, 2.45) is 0 Å². The van der Waals surface area contributed by atoms with Crippen molar-refractivity contribution in [1.29, 1.82) is 0 Å². The van der Waals surface area contributed by atoms with Gasteiger partial charge in [0, 0.05) is 18.7 Å². The third-order valence-electron chi connectivity index (χ3n) is 3.02. The van der Waals surface area contributed by atoms with Crippen molar-refractivity contribution < 1.29 is 13.9 Å². The Bertz CT molecular complexity index is 572. The molecule has 2 rings (SSSR count). The average Bonchev–Trinajstić information content (AvgIpc) is 2.48. The van der Waals surface area contributed by atoms with Gasteiger partial charge in [0.1, 0.15) is 17.3 Å². The molecule has 0 spiro atoms. The van der Waals surface area contributed by atoms with Crippen LogP contribution < -0.4 is 14.8 Å². The molecule has 4 heteroatoms. The van der Waals surface area contributed by atoms with Gasteiger partial charge in [-0.2, -0.15) is 0 Å². The molecule has 0 amide bonds. The Kier molecular flexibility index (Phi) is 4.96. The average molecular weight is 275 g/mol. The van der Waals surface area contributed by atoms with E-state index >= 15 is 0 Å². The molecule has 2 aromatic rings. The Labute approximate surface area is 118 Å². The summed E-state index contributed by atoms with van der Waals surface area (Å²) in [7, 11) is 3.23. The summed E-state index contributed by atoms with van der Waals surface area (Å²) in [6.07, 6.45) is 0. The third-order valence-corrected chi connectivity index (χ3v) is 3.02. The normalized spacial score (nSPS) is 10.3. The van der Waals surface area contributed by atoms with Crippen LogP contribution in [0.3, 0.4) is 0 Å². The zero-order chi connectivity index (χ0) is 14.4. The zero-order valence-electron chi connectivity index (χ0n) is 11.7. The molecule has 0 aliphatic heterocycles. The van der Waals surface area contributed by atoms with Crippen molar-refractivity contribution in [3.05, 3.63) is 59.4 Å². The SMILES string of the molecule is COc1cccc(CNCc2cc(F)ccc2OC)c1. The Morgan fingerprint density at radius 3 is 2.60 bits per heavy atom. The molecule has 0 atom stereocenters. The van der Waals surface area contributed by atoms with E-state index in [2.05, 4.69) is 5.32 Å². The summed E-state index contributed by atoms with van der Waals surface area (Å²) >= 11 is 0. The lowest BCUT2D eigenvalue weighted by molar-refractivity contribution is 0.406. The highest BCUT2D eigenvalue weighted by molar-refractivity contribution is 5.34. The van der Waals surface area contributed by atoms with Gasteiger partial charge in [0.15, 0.2) is 0 Å². The standard InChI is InChI=1S/C16H18FNO2/c1-19-15-5-3-4-12(8-15)10-18-11-13-9-14(17)6-7-16(13)20-2/h3-9,18H,10-11H2,1-2H3. The van der Waals surface area contributed by atoms with E-state index in [0.717, 1.165) is 16.9 Å². The van der Waals surface area contributed by atoms with Crippen molar-refractivity contribution in [3.63, 3.8) is 0 Å². The molecule has 2 aromatic carbocycles. The van der Waals surface area contributed by atoms with Gasteiger partial charge in [0.05, 0.1) is 14.2 Å². The molecule has 1 N–H and O–H groups in total. The van der Waals surface area contributed by atoms with E-state index < -0.39 is 0 Å². The van der Waals surface area contributed by atoms with Crippen LogP contribution in [0.25, 0.3) is 0 Å². The van der Waals surface area contributed by atoms with Crippen LogP contribution >= 0.6 is 0 Å². The maximum atomic E-state index is 13.2. The molecule has 0 aliphatic carbocycles. The third kappa shape index (κ3) is 3.71. The Morgan fingerprint density at radius 2 is 1.85 bits per heavy atom. The second-order valence-electron chi connectivity index (χ2n) is 4.41. The first-order valence-corrected chi connectivity index (χ1v) is 6.39. The van der Waals surface area contributed by atoms with E-state index in [1.54, 1.807) is 20.3 Å². The first kappa shape index (κ1) is 14.3. The number of hydrogen-bond acceptors (Lipinski definition) is 3. The van der Waals surface area contributed by atoms with E-state index in [1.165, 1.54) is 12.1 Å². The Morgan fingerprint density at radius 1 is 1.00 bits per heavy atom. The van der Waals surface area contributed by atoms with Crippen LogP contribution in [-0.2, 0) is 13.1 Å². The summed E-state index contributed by atoms with van der Waals surface area (Å²) in [5, 5.41) is 3.27. The fourth-order valence-electron chi connectivity index (χ4n) is 2.01. The number of nitrogens with one attached hydrogen (secondary N) is 1. The molecule has 0 fully saturated rings. The van der Waals surface area contributed by atoms with Crippen molar-refractivity contribution in [2.45, 2.75) is 13.1 Å². The molecule has 0 radical (unpaired) electrons. The fraction of sp³-hybridized carbons (Fsp3) is 0.250. The van der Waals surface area contributed by atoms with Crippen LogP contribution in [0, 0.1) is 5.82 Å². The summed E-state index contributed by atoms with van der Waals surface area (Å²) in [4.78, 5) is 0. The van der Waals surface area contributed by atoms with Gasteiger partial charge >= 0.3 is 0 Å². The number of ether oxygens (including phenoxy) is 2. The smallest absolute Gasteiger partial charge is 0.123 e. The van der Waals surface area contributed by atoms with Gasteiger partial charge < -0.3 is 14.8 Å². The summed E-state index contributed by atoms with van der Waals surface area (Å²) in [6, 6.07) is 12.3. The molecular weight excluding hydrogens is 257 g/mol. The lowest BCUT2D eigenvalue weighted by atomic mass is 10.1. The summed E-state index contributed by atoms with van der Waals surface area (Å²) in [5.74, 6) is 1.25. The van der Waals surface area contributed by atoms with Gasteiger partial charge in [-0.1, -0.05) is 12.1 Å². The van der Waals surface area contributed by atoms with Gasteiger partial charge in [-0.3, -0.25) is 0 Å². The second-order valence-corrected chi connectivity index (χ2v) is 4.41. The number of methoxy groups -OCH3 is 2. The fourth-order valence-corrected chi connectivity index (χ4v) is 2.01. The predicted molar refractivity (Wildman–Crippen MR) is 76.5 cm³/mol. The van der Waals surface area contributed by atoms with Crippen molar-refractivity contribution in [2.75, 3.05) is 14.2 Å². The van der Waals surface area contributed by atoms with Gasteiger partial charge in [-0.15, -0.1) is 0 Å². The molecule has 0 saturated carbocycles. The molecule has 0 aromatic heterocycles. The second kappa shape index (κ2) is 6.91. The van der Waals surface area contributed by atoms with Crippen molar-refractivity contribution in [1.82, 2.24) is 5.32 Å². The summed E-state index contributed by atoms with van der Waals surface area (Å²) < 4.78 is 23.6. The number of rotatable bonds is 6. The summed E-state index contributed by atoms with van der Waals surface area (Å²) in [5.41, 5.74) is 1.91. The summed E-state index contributed by atoms with van der Waals surface area (Å²) in [6.45, 7) is 1.22. The van der Waals surface area contributed by atoms with Gasteiger partial charge in [-0.05, 0) is 35.9 Å². The van der Waals surface area contributed by atoms with E-state index in [4.69, 9.17) is 9.47 Å². The van der Waals surface area contributed by atoms with Gasteiger partial charge in [0.25, 0.3) is 0 Å². The molecule has 106 valence electrons.